The van der Waals surface area contributed by atoms with Crippen molar-refractivity contribution in [2.45, 2.75) is 25.3 Å². The summed E-state index contributed by atoms with van der Waals surface area (Å²) < 4.78 is 11.1. The van der Waals surface area contributed by atoms with Gasteiger partial charge in [-0.25, -0.2) is 5.01 Å². The molecule has 11 heteroatoms. The zero-order valence-corrected chi connectivity index (χ0v) is 17.7. The lowest BCUT2D eigenvalue weighted by atomic mass is 9.79. The van der Waals surface area contributed by atoms with E-state index in [1.165, 1.54) is 11.3 Å². The summed E-state index contributed by atoms with van der Waals surface area (Å²) in [5.41, 5.74) is 0.335. The Morgan fingerprint density at radius 3 is 2.38 bits per heavy atom. The van der Waals surface area contributed by atoms with Gasteiger partial charge in [0.2, 0.25) is 0 Å². The summed E-state index contributed by atoms with van der Waals surface area (Å²) in [6.07, 6.45) is 7.30. The zero-order chi connectivity index (χ0) is 23.8. The number of carbonyl (C=O) groups is 1. The van der Waals surface area contributed by atoms with Crippen LogP contribution >= 0.6 is 0 Å². The molecule has 1 fully saturated rings. The van der Waals surface area contributed by atoms with Crippen LogP contribution in [-0.4, -0.2) is 26.5 Å². The number of hydrogen-bond acceptors (Lipinski definition) is 8. The molecule has 0 saturated heterocycles. The maximum absolute atomic E-state index is 13.6. The zero-order valence-electron chi connectivity index (χ0n) is 17.7. The van der Waals surface area contributed by atoms with Gasteiger partial charge in [-0.3, -0.25) is 25.0 Å². The van der Waals surface area contributed by atoms with Crippen molar-refractivity contribution in [2.75, 3.05) is 0 Å². The van der Waals surface area contributed by atoms with E-state index in [1.807, 2.05) is 12.1 Å². The molecule has 3 aromatic rings. The van der Waals surface area contributed by atoms with Crippen LogP contribution < -0.4 is 0 Å². The molecule has 1 amide bonds. The Kier molecular flexibility index (Phi) is 5.28. The number of nitrogens with zero attached hydrogens (tertiary/aromatic N) is 4. The van der Waals surface area contributed by atoms with Gasteiger partial charge in [-0.1, -0.05) is 0 Å². The summed E-state index contributed by atoms with van der Waals surface area (Å²) in [6, 6.07) is 9.32. The monoisotopic (exact) mass is 462 g/mol. The normalized spacial score (nSPS) is 20.8. The van der Waals surface area contributed by atoms with Crippen LogP contribution in [0.25, 0.3) is 6.08 Å². The number of fused-ring (bicyclic) bond motifs is 1. The largest absolute Gasteiger partial charge is 0.467 e. The van der Waals surface area contributed by atoms with Crippen molar-refractivity contribution in [3.8, 4) is 0 Å². The molecule has 1 saturated carbocycles. The van der Waals surface area contributed by atoms with Gasteiger partial charge in [-0.2, -0.15) is 5.10 Å². The molecule has 5 rings (SSSR count). The average molecular weight is 462 g/mol. The number of furan rings is 2. The highest BCUT2D eigenvalue weighted by atomic mass is 16.6. The Morgan fingerprint density at radius 1 is 1.06 bits per heavy atom. The van der Waals surface area contributed by atoms with E-state index in [2.05, 4.69) is 5.10 Å². The number of hydrogen-bond donors (Lipinski definition) is 0. The highest BCUT2D eigenvalue weighted by molar-refractivity contribution is 6.09. The van der Waals surface area contributed by atoms with E-state index < -0.39 is 33.2 Å². The number of nitro groups is 2. The number of allylic oxidation sites excluding steroid dienone is 1. The molecule has 34 heavy (non-hydrogen) atoms. The maximum Gasteiger partial charge on any atom is 0.277 e. The molecule has 11 nitrogen and oxygen atoms in total. The van der Waals surface area contributed by atoms with Gasteiger partial charge >= 0.3 is 0 Å². The first-order valence-corrected chi connectivity index (χ1v) is 10.6. The first-order valence-electron chi connectivity index (χ1n) is 10.6. The van der Waals surface area contributed by atoms with Crippen LogP contribution in [0.2, 0.25) is 0 Å². The highest BCUT2D eigenvalue weighted by Crippen LogP contribution is 2.45. The molecular formula is C23H18N4O7. The molecule has 0 radical (unpaired) electrons. The third-order valence-electron chi connectivity index (χ3n) is 5.98. The molecule has 0 N–H and O–H groups in total. The second kappa shape index (κ2) is 8.43. The minimum absolute atomic E-state index is 0.168. The van der Waals surface area contributed by atoms with Gasteiger partial charge in [0.25, 0.3) is 17.3 Å². The smallest absolute Gasteiger partial charge is 0.277 e. The van der Waals surface area contributed by atoms with Crippen molar-refractivity contribution in [3.63, 3.8) is 0 Å². The minimum Gasteiger partial charge on any atom is -0.467 e. The van der Waals surface area contributed by atoms with Gasteiger partial charge in [-0.05, 0) is 55.2 Å². The average Bonchev–Trinajstić information content (AvgIpc) is 3.59. The van der Waals surface area contributed by atoms with Crippen LogP contribution in [0.5, 0.6) is 0 Å². The van der Waals surface area contributed by atoms with Crippen LogP contribution in [0, 0.1) is 26.1 Å². The molecule has 1 aliphatic heterocycles. The number of carbonyl (C=O) groups excluding carboxylic acids is 1. The Bertz CT molecular complexity index is 1290. The highest BCUT2D eigenvalue weighted by Gasteiger charge is 2.45. The summed E-state index contributed by atoms with van der Waals surface area (Å²) >= 11 is 0. The van der Waals surface area contributed by atoms with Gasteiger partial charge in [0.15, 0.2) is 0 Å². The van der Waals surface area contributed by atoms with Crippen molar-refractivity contribution in [1.82, 2.24) is 5.01 Å². The van der Waals surface area contributed by atoms with Crippen LogP contribution in [0.15, 0.2) is 74.5 Å². The molecule has 3 heterocycles. The lowest BCUT2D eigenvalue weighted by Gasteiger charge is -2.27. The van der Waals surface area contributed by atoms with Crippen LogP contribution in [-0.2, 0) is 0 Å². The van der Waals surface area contributed by atoms with Gasteiger partial charge in [0.05, 0.1) is 39.7 Å². The predicted octanol–water partition coefficient (Wildman–Crippen LogP) is 5.13. The summed E-state index contributed by atoms with van der Waals surface area (Å²) in [4.78, 5) is 34.7. The fourth-order valence-corrected chi connectivity index (χ4v) is 4.51. The fourth-order valence-electron chi connectivity index (χ4n) is 4.51. The third kappa shape index (κ3) is 3.76. The van der Waals surface area contributed by atoms with Gasteiger partial charge < -0.3 is 8.83 Å². The number of nitro benzene ring substituents is 2. The van der Waals surface area contributed by atoms with Crippen molar-refractivity contribution >= 4 is 29.1 Å². The molecule has 1 aromatic carbocycles. The van der Waals surface area contributed by atoms with Crippen molar-refractivity contribution < 1.29 is 23.5 Å². The van der Waals surface area contributed by atoms with Gasteiger partial charge in [-0.15, -0.1) is 0 Å². The van der Waals surface area contributed by atoms with Crippen LogP contribution in [0.4, 0.5) is 11.4 Å². The summed E-state index contributed by atoms with van der Waals surface area (Å²) in [7, 11) is 0. The molecule has 172 valence electrons. The first-order chi connectivity index (χ1) is 16.4. The van der Waals surface area contributed by atoms with E-state index in [0.29, 0.717) is 17.2 Å². The van der Waals surface area contributed by atoms with E-state index in [-0.39, 0.29) is 11.5 Å². The summed E-state index contributed by atoms with van der Waals surface area (Å²) in [5, 5.41) is 28.5. The Balaban J connectivity index is 1.60. The summed E-state index contributed by atoms with van der Waals surface area (Å²) in [5.74, 6) is 0.314. The maximum atomic E-state index is 13.6. The van der Waals surface area contributed by atoms with Crippen LogP contribution in [0.1, 0.15) is 47.2 Å². The van der Waals surface area contributed by atoms with E-state index >= 15 is 0 Å². The van der Waals surface area contributed by atoms with E-state index in [0.717, 1.165) is 43.0 Å². The van der Waals surface area contributed by atoms with Gasteiger partial charge in [0.1, 0.15) is 17.6 Å². The number of amides is 1. The second-order valence-corrected chi connectivity index (χ2v) is 8.03. The lowest BCUT2D eigenvalue weighted by molar-refractivity contribution is -0.394. The molecule has 2 aliphatic rings. The number of rotatable bonds is 5. The fraction of sp³-hybridized carbons (Fsp3) is 0.217. The Morgan fingerprint density at radius 2 is 1.76 bits per heavy atom. The molecule has 0 spiro atoms. The minimum atomic E-state index is -0.770. The van der Waals surface area contributed by atoms with E-state index in [9.17, 15) is 25.0 Å². The molecule has 0 bridgehead atoms. The molecule has 2 unspecified atom stereocenters. The molecule has 1 aliphatic carbocycles. The van der Waals surface area contributed by atoms with Crippen molar-refractivity contribution in [1.29, 1.82) is 0 Å². The first kappa shape index (κ1) is 21.3. The summed E-state index contributed by atoms with van der Waals surface area (Å²) in [6.45, 7) is 0. The predicted molar refractivity (Wildman–Crippen MR) is 119 cm³/mol. The van der Waals surface area contributed by atoms with Crippen LogP contribution in [0.3, 0.4) is 0 Å². The second-order valence-electron chi connectivity index (χ2n) is 8.03. The van der Waals surface area contributed by atoms with Crippen molar-refractivity contribution in [3.05, 3.63) is 97.9 Å². The quantitative estimate of drug-likeness (QED) is 0.377. The topological polar surface area (TPSA) is 145 Å². The Hall–Kier alpha value is -4.54. The molecule has 2 atom stereocenters. The number of hydrazone groups is 1. The molecule has 2 aromatic heterocycles. The van der Waals surface area contributed by atoms with E-state index in [1.54, 1.807) is 24.5 Å². The third-order valence-corrected chi connectivity index (χ3v) is 5.98. The van der Waals surface area contributed by atoms with E-state index in [4.69, 9.17) is 8.83 Å². The van der Waals surface area contributed by atoms with Crippen molar-refractivity contribution in [2.24, 2.45) is 11.0 Å². The van der Waals surface area contributed by atoms with Gasteiger partial charge in [0, 0.05) is 18.1 Å². The standard InChI is InChI=1S/C23H18N4O7/c28-23(15-10-16(26(29)30)13-17(11-15)27(31)32)25-22(20-7-3-9-34-20)19-6-1-4-14(21(19)24-25)12-18-5-2-8-33-18/h2-3,5,7-13,19,22H,1,4,6H2/b14-12+. The number of non-ortho nitro benzene ring substituents is 2. The molecular weight excluding hydrogens is 444 g/mol. The Labute approximate surface area is 192 Å². The SMILES string of the molecule is O=C(c1cc([N+](=O)[O-])cc([N+](=O)[O-])c1)N1N=C2/C(=C/c3ccco3)CCCC2C1c1ccco1. The lowest BCUT2D eigenvalue weighted by Crippen LogP contribution is -2.31. The number of benzene rings is 1.